The molecule has 2 aromatic heterocycles. The zero-order chi connectivity index (χ0) is 24.3. The molecule has 2 aliphatic heterocycles. The molecule has 5 rings (SSSR count). The smallest absolute Gasteiger partial charge is 0.331 e. The predicted octanol–water partition coefficient (Wildman–Crippen LogP) is 2.63. The van der Waals surface area contributed by atoms with E-state index in [2.05, 4.69) is 0 Å². The van der Waals surface area contributed by atoms with Crippen LogP contribution >= 0.6 is 23.2 Å². The molecule has 4 heterocycles. The Hall–Kier alpha value is -3.07. The molecule has 0 saturated heterocycles. The molecule has 3 aromatic rings. The highest BCUT2D eigenvalue weighted by Gasteiger charge is 2.48. The molecule has 0 amide bonds. The molecule has 0 spiro atoms. The molecule has 2 aliphatic rings. The second kappa shape index (κ2) is 8.30. The molecular formula is C24H23Cl2N4O4+. The largest absolute Gasteiger partial charge is 0.473 e. The molecule has 0 fully saturated rings. The number of hydrogen-bond acceptors (Lipinski definition) is 5. The van der Waals surface area contributed by atoms with Crippen LogP contribution in [0.1, 0.15) is 22.6 Å². The quantitative estimate of drug-likeness (QED) is 0.513. The van der Waals surface area contributed by atoms with E-state index in [1.807, 2.05) is 41.8 Å². The summed E-state index contributed by atoms with van der Waals surface area (Å²) in [5.74, 6) is 0.839. The first kappa shape index (κ1) is 22.7. The van der Waals surface area contributed by atoms with Crippen LogP contribution in [0.5, 0.6) is 0 Å². The lowest BCUT2D eigenvalue weighted by Crippen LogP contribution is -2.41. The van der Waals surface area contributed by atoms with Crippen LogP contribution in [-0.4, -0.2) is 57.6 Å². The Morgan fingerprint density at radius 2 is 1.88 bits per heavy atom. The van der Waals surface area contributed by atoms with Crippen LogP contribution in [0, 0.1) is 0 Å². The lowest BCUT2D eigenvalue weighted by Gasteiger charge is -2.26. The molecule has 10 heteroatoms. The molecule has 1 atom stereocenters. The van der Waals surface area contributed by atoms with Crippen molar-refractivity contribution in [3.8, 4) is 0 Å². The van der Waals surface area contributed by atoms with Gasteiger partial charge < -0.3 is 14.1 Å². The lowest BCUT2D eigenvalue weighted by atomic mass is 10.0. The van der Waals surface area contributed by atoms with Gasteiger partial charge in [0.15, 0.2) is 23.6 Å². The van der Waals surface area contributed by atoms with Crippen LogP contribution in [-0.2, 0) is 18.8 Å². The number of nitrogens with zero attached hydrogens (tertiary/aromatic N) is 4. The first-order chi connectivity index (χ1) is 16.2. The number of fused-ring (bicyclic) bond motifs is 3. The first-order valence-corrected chi connectivity index (χ1v) is 11.5. The van der Waals surface area contributed by atoms with E-state index in [1.54, 1.807) is 25.2 Å². The summed E-state index contributed by atoms with van der Waals surface area (Å²) in [6.45, 7) is 1.08. The minimum atomic E-state index is -0.434. The maximum absolute atomic E-state index is 13.5. The van der Waals surface area contributed by atoms with E-state index in [-0.39, 0.29) is 11.3 Å². The van der Waals surface area contributed by atoms with Gasteiger partial charge in [0, 0.05) is 31.2 Å². The molecular weight excluding hydrogens is 479 g/mol. The number of furan rings is 1. The maximum Gasteiger partial charge on any atom is 0.331 e. The zero-order valence-electron chi connectivity index (χ0n) is 19.1. The van der Waals surface area contributed by atoms with Crippen LogP contribution in [0.25, 0.3) is 11.5 Å². The Kier molecular flexibility index (Phi) is 5.55. The average molecular weight is 502 g/mol. The van der Waals surface area contributed by atoms with E-state index in [0.29, 0.717) is 52.3 Å². The lowest BCUT2D eigenvalue weighted by molar-refractivity contribution is -0.448. The highest BCUT2D eigenvalue weighted by atomic mass is 35.5. The van der Waals surface area contributed by atoms with Crippen molar-refractivity contribution in [3.63, 3.8) is 0 Å². The highest BCUT2D eigenvalue weighted by molar-refractivity contribution is 6.31. The van der Waals surface area contributed by atoms with E-state index in [4.69, 9.17) is 32.4 Å². The fraction of sp³-hybridized carbons (Fsp3) is 0.292. The number of likely N-dealkylation sites (N-methyl/N-ethyl adjacent to an activating group) is 1. The second-order valence-corrected chi connectivity index (χ2v) is 9.49. The van der Waals surface area contributed by atoms with Crippen LogP contribution < -0.4 is 11.2 Å². The third-order valence-corrected chi connectivity index (χ3v) is 6.45. The fourth-order valence-electron chi connectivity index (χ4n) is 4.63. The van der Waals surface area contributed by atoms with Crippen molar-refractivity contribution in [3.05, 3.63) is 90.1 Å². The van der Waals surface area contributed by atoms with Crippen molar-refractivity contribution in [2.45, 2.75) is 6.10 Å². The molecule has 0 aliphatic carbocycles. The third-order valence-electron chi connectivity index (χ3n) is 6.02. The molecule has 34 heavy (non-hydrogen) atoms. The Bertz CT molecular complexity index is 1510. The number of hydrogen-bond donors (Lipinski definition) is 0. The number of halogens is 2. The summed E-state index contributed by atoms with van der Waals surface area (Å²) in [7, 11) is 7.05. The van der Waals surface area contributed by atoms with Crippen molar-refractivity contribution in [2.24, 2.45) is 14.1 Å². The van der Waals surface area contributed by atoms with Crippen molar-refractivity contribution < 1.29 is 13.7 Å². The third kappa shape index (κ3) is 3.53. The second-order valence-electron chi connectivity index (χ2n) is 8.68. The molecule has 0 saturated carbocycles. The van der Waals surface area contributed by atoms with Gasteiger partial charge in [-0.05, 0) is 56.0 Å². The zero-order valence-corrected chi connectivity index (χ0v) is 20.6. The molecule has 176 valence electrons. The van der Waals surface area contributed by atoms with Crippen molar-refractivity contribution in [2.75, 3.05) is 27.2 Å². The van der Waals surface area contributed by atoms with Gasteiger partial charge in [-0.25, -0.2) is 4.79 Å². The summed E-state index contributed by atoms with van der Waals surface area (Å²) in [5, 5.41) is 0.755. The number of aromatic nitrogens is 2. The monoisotopic (exact) mass is 501 g/mol. The normalized spacial score (nSPS) is 17.3. The van der Waals surface area contributed by atoms with Gasteiger partial charge in [-0.3, -0.25) is 13.9 Å². The Balaban J connectivity index is 1.93. The van der Waals surface area contributed by atoms with Crippen LogP contribution in [0.4, 0.5) is 0 Å². The van der Waals surface area contributed by atoms with Crippen molar-refractivity contribution in [1.82, 2.24) is 14.0 Å². The summed E-state index contributed by atoms with van der Waals surface area (Å²) in [6, 6.07) is 10.7. The number of ether oxygens (including phenoxy) is 1. The summed E-state index contributed by atoms with van der Waals surface area (Å²) < 4.78 is 16.8. The Morgan fingerprint density at radius 1 is 1.12 bits per heavy atom. The van der Waals surface area contributed by atoms with Crippen LogP contribution in [0.15, 0.2) is 50.4 Å². The predicted molar refractivity (Wildman–Crippen MR) is 131 cm³/mol. The van der Waals surface area contributed by atoms with Gasteiger partial charge in [0.05, 0.1) is 0 Å². The van der Waals surface area contributed by atoms with Gasteiger partial charge in [0.1, 0.15) is 11.3 Å². The van der Waals surface area contributed by atoms with Gasteiger partial charge in [0.2, 0.25) is 11.5 Å². The molecule has 0 radical (unpaired) electrons. The first-order valence-electron chi connectivity index (χ1n) is 10.7. The van der Waals surface area contributed by atoms with Crippen molar-refractivity contribution >= 4 is 40.4 Å². The van der Waals surface area contributed by atoms with Crippen LogP contribution in [0.3, 0.4) is 0 Å². The topological polar surface area (TPSA) is 72.6 Å². The minimum Gasteiger partial charge on any atom is -0.473 e. The summed E-state index contributed by atoms with van der Waals surface area (Å²) in [6.07, 6.45) is -0.248. The van der Waals surface area contributed by atoms with Gasteiger partial charge >= 0.3 is 5.69 Å². The molecule has 1 unspecified atom stereocenters. The van der Waals surface area contributed by atoms with Gasteiger partial charge in [-0.2, -0.15) is 4.58 Å². The summed E-state index contributed by atoms with van der Waals surface area (Å²) >= 11 is 12.4. The van der Waals surface area contributed by atoms with Gasteiger partial charge in [0.25, 0.3) is 11.3 Å². The van der Waals surface area contributed by atoms with Crippen LogP contribution in [0.2, 0.25) is 10.2 Å². The molecule has 1 aromatic carbocycles. The minimum absolute atomic E-state index is 0.211. The fourth-order valence-corrected chi connectivity index (χ4v) is 4.97. The maximum atomic E-state index is 13.5. The van der Waals surface area contributed by atoms with Gasteiger partial charge in [-0.1, -0.05) is 17.7 Å². The van der Waals surface area contributed by atoms with E-state index < -0.39 is 11.2 Å². The summed E-state index contributed by atoms with van der Waals surface area (Å²) in [5.41, 5.74) is 2.07. The SMILES string of the molecule is CN(C)CC1C[N+]2=C(c3cccc(Cl)c3)c3c(n(C)c(=O)n(C)c3=O)C2=C(c2ccc(Cl)o2)O1. The average Bonchev–Trinajstić information content (AvgIpc) is 3.36. The molecule has 0 bridgehead atoms. The van der Waals surface area contributed by atoms with E-state index in [9.17, 15) is 9.59 Å². The Morgan fingerprint density at radius 3 is 2.53 bits per heavy atom. The van der Waals surface area contributed by atoms with E-state index in [0.717, 1.165) is 10.1 Å². The highest BCUT2D eigenvalue weighted by Crippen LogP contribution is 2.39. The van der Waals surface area contributed by atoms with E-state index >= 15 is 0 Å². The summed E-state index contributed by atoms with van der Waals surface area (Å²) in [4.78, 5) is 28.5. The van der Waals surface area contributed by atoms with Gasteiger partial charge in [-0.15, -0.1) is 0 Å². The number of rotatable bonds is 4. The molecule has 0 N–H and O–H groups in total. The Labute approximate surface area is 205 Å². The number of benzene rings is 1. The molecule has 8 nitrogen and oxygen atoms in total. The van der Waals surface area contributed by atoms with E-state index in [1.165, 1.54) is 11.6 Å². The van der Waals surface area contributed by atoms with Crippen molar-refractivity contribution in [1.29, 1.82) is 0 Å². The standard InChI is InChI=1S/C24H23Cl2N4O4/c1-27(2)11-15-12-30-19(13-6-5-7-14(25)10-13)18-20(28(3)24(32)29(4)23(18)31)21(30)22(33-15)16-8-9-17(26)34-16/h5-10,15H,11-12H2,1-4H3/q+1.